The highest BCUT2D eigenvalue weighted by atomic mass is 35.5. The van der Waals surface area contributed by atoms with Crippen LogP contribution in [0.3, 0.4) is 0 Å². The number of carbonyl (C=O) groups is 2. The molecule has 2 aromatic carbocycles. The lowest BCUT2D eigenvalue weighted by atomic mass is 9.74. The average Bonchev–Trinajstić information content (AvgIpc) is 3.45. The molecule has 2 saturated heterocycles. The molecule has 0 spiro atoms. The summed E-state index contributed by atoms with van der Waals surface area (Å²) in [5.41, 5.74) is 0.746. The highest BCUT2D eigenvalue weighted by molar-refractivity contribution is 6.31. The molecule has 39 heavy (non-hydrogen) atoms. The Morgan fingerprint density at radius 3 is 2.28 bits per heavy atom. The SMILES string of the molecule is Cc1cc(OCC2(CC(=O)N3CCCCC3)CCCN(C(=O)C3(c4ccc(F)cc4)CCCC3)C2)ccc1Cl. The Morgan fingerprint density at radius 1 is 0.897 bits per heavy atom. The summed E-state index contributed by atoms with van der Waals surface area (Å²) >= 11 is 6.23. The zero-order valence-corrected chi connectivity index (χ0v) is 23.8. The van der Waals surface area contributed by atoms with Gasteiger partial charge in [-0.05, 0) is 93.3 Å². The zero-order valence-electron chi connectivity index (χ0n) is 23.0. The van der Waals surface area contributed by atoms with Crippen molar-refractivity contribution in [3.63, 3.8) is 0 Å². The molecule has 7 heteroatoms. The van der Waals surface area contributed by atoms with E-state index in [-0.39, 0.29) is 17.6 Å². The maximum absolute atomic E-state index is 14.3. The van der Waals surface area contributed by atoms with E-state index in [1.54, 1.807) is 12.1 Å². The van der Waals surface area contributed by atoms with Crippen molar-refractivity contribution >= 4 is 23.4 Å². The van der Waals surface area contributed by atoms with E-state index in [0.717, 1.165) is 81.3 Å². The van der Waals surface area contributed by atoms with Crippen LogP contribution in [0.2, 0.25) is 5.02 Å². The van der Waals surface area contributed by atoms with Crippen molar-refractivity contribution < 1.29 is 18.7 Å². The molecule has 1 saturated carbocycles. The highest BCUT2D eigenvalue weighted by Gasteiger charge is 2.48. The number of amides is 2. The molecular weight excluding hydrogens is 515 g/mol. The standard InChI is InChI=1S/C32H40ClFN2O3/c1-24-20-27(12-13-28(24)33)39-23-31(21-29(37)35-17-5-2-6-18-35)14-7-19-36(22-31)30(38)32(15-3-4-16-32)25-8-10-26(34)11-9-25/h8-13,20H,2-7,14-19,21-23H2,1H3. The van der Waals surface area contributed by atoms with E-state index in [0.29, 0.717) is 31.1 Å². The fraction of sp³-hybridized carbons (Fsp3) is 0.562. The summed E-state index contributed by atoms with van der Waals surface area (Å²) in [4.78, 5) is 31.8. The first-order valence-corrected chi connectivity index (χ1v) is 14.9. The summed E-state index contributed by atoms with van der Waals surface area (Å²) in [6.45, 7) is 5.08. The zero-order chi connectivity index (χ0) is 27.5. The summed E-state index contributed by atoms with van der Waals surface area (Å²) in [5, 5.41) is 0.689. The van der Waals surface area contributed by atoms with Gasteiger partial charge >= 0.3 is 0 Å². The molecule has 0 radical (unpaired) electrons. The molecule has 1 atom stereocenters. The summed E-state index contributed by atoms with van der Waals surface area (Å²) in [6, 6.07) is 12.1. The van der Waals surface area contributed by atoms with Gasteiger partial charge in [0, 0.05) is 43.0 Å². The Hall–Kier alpha value is -2.60. The van der Waals surface area contributed by atoms with Crippen molar-refractivity contribution in [2.75, 3.05) is 32.8 Å². The monoisotopic (exact) mass is 554 g/mol. The first kappa shape index (κ1) is 27.9. The molecule has 3 fully saturated rings. The smallest absolute Gasteiger partial charge is 0.233 e. The van der Waals surface area contributed by atoms with Crippen LogP contribution in [-0.2, 0) is 15.0 Å². The second kappa shape index (κ2) is 11.9. The second-order valence-corrected chi connectivity index (χ2v) is 12.4. The van der Waals surface area contributed by atoms with Gasteiger partial charge in [-0.3, -0.25) is 9.59 Å². The van der Waals surface area contributed by atoms with Crippen LogP contribution in [-0.4, -0.2) is 54.4 Å². The fourth-order valence-electron chi connectivity index (χ4n) is 6.89. The van der Waals surface area contributed by atoms with Crippen LogP contribution >= 0.6 is 11.6 Å². The van der Waals surface area contributed by atoms with Crippen molar-refractivity contribution in [2.24, 2.45) is 5.41 Å². The molecular formula is C32H40ClFN2O3. The summed E-state index contributed by atoms with van der Waals surface area (Å²) in [7, 11) is 0. The predicted molar refractivity (Wildman–Crippen MR) is 152 cm³/mol. The Kier molecular flexibility index (Phi) is 8.51. The Morgan fingerprint density at radius 2 is 1.59 bits per heavy atom. The largest absolute Gasteiger partial charge is 0.493 e. The van der Waals surface area contributed by atoms with E-state index in [1.807, 2.05) is 34.9 Å². The maximum Gasteiger partial charge on any atom is 0.233 e. The van der Waals surface area contributed by atoms with E-state index in [9.17, 15) is 14.0 Å². The quantitative estimate of drug-likeness (QED) is 0.383. The van der Waals surface area contributed by atoms with E-state index >= 15 is 0 Å². The third-order valence-electron chi connectivity index (χ3n) is 9.12. The number of aryl methyl sites for hydroxylation is 1. The number of hydrogen-bond donors (Lipinski definition) is 0. The molecule has 210 valence electrons. The van der Waals surface area contributed by atoms with Gasteiger partial charge in [-0.25, -0.2) is 4.39 Å². The van der Waals surface area contributed by atoms with Gasteiger partial charge in [0.05, 0.1) is 12.0 Å². The van der Waals surface area contributed by atoms with Gasteiger partial charge in [0.1, 0.15) is 11.6 Å². The first-order chi connectivity index (χ1) is 18.8. The number of rotatable bonds is 7. The maximum atomic E-state index is 14.3. The van der Waals surface area contributed by atoms with E-state index in [2.05, 4.69) is 0 Å². The Labute approximate surface area is 236 Å². The lowest BCUT2D eigenvalue weighted by Gasteiger charge is -2.46. The molecule has 0 bridgehead atoms. The van der Waals surface area contributed by atoms with Crippen LogP contribution in [0, 0.1) is 18.2 Å². The summed E-state index contributed by atoms with van der Waals surface area (Å²) in [5.74, 6) is 0.711. The van der Waals surface area contributed by atoms with E-state index in [1.165, 1.54) is 18.6 Å². The van der Waals surface area contributed by atoms with Crippen LogP contribution < -0.4 is 4.74 Å². The lowest BCUT2D eigenvalue weighted by Crippen LogP contribution is -2.55. The molecule has 1 aliphatic carbocycles. The fourth-order valence-corrected chi connectivity index (χ4v) is 7.01. The van der Waals surface area contributed by atoms with Crippen molar-refractivity contribution in [1.29, 1.82) is 0 Å². The van der Waals surface area contributed by atoms with Crippen molar-refractivity contribution in [2.45, 2.75) is 76.5 Å². The number of likely N-dealkylation sites (tertiary alicyclic amines) is 2. The van der Waals surface area contributed by atoms with Gasteiger partial charge in [-0.1, -0.05) is 36.6 Å². The minimum Gasteiger partial charge on any atom is -0.493 e. The number of benzene rings is 2. The molecule has 2 aliphatic heterocycles. The van der Waals surface area contributed by atoms with Crippen LogP contribution in [0.4, 0.5) is 4.39 Å². The van der Waals surface area contributed by atoms with Crippen LogP contribution in [0.25, 0.3) is 0 Å². The Balaban J connectivity index is 1.40. The van der Waals surface area contributed by atoms with Crippen molar-refractivity contribution in [3.8, 4) is 5.75 Å². The Bertz CT molecular complexity index is 1170. The van der Waals surface area contributed by atoms with Gasteiger partial charge in [-0.15, -0.1) is 0 Å². The molecule has 2 aromatic rings. The molecule has 5 rings (SSSR count). The first-order valence-electron chi connectivity index (χ1n) is 14.5. The molecule has 2 amide bonds. The van der Waals surface area contributed by atoms with Crippen LogP contribution in [0.5, 0.6) is 5.75 Å². The van der Waals surface area contributed by atoms with Gasteiger partial charge in [0.25, 0.3) is 0 Å². The molecule has 2 heterocycles. The summed E-state index contributed by atoms with van der Waals surface area (Å²) in [6.07, 6.45) is 8.78. The van der Waals surface area contributed by atoms with Gasteiger partial charge in [0.15, 0.2) is 0 Å². The normalized spacial score (nSPS) is 23.1. The van der Waals surface area contributed by atoms with Gasteiger partial charge in [-0.2, -0.15) is 0 Å². The third kappa shape index (κ3) is 6.11. The van der Waals surface area contributed by atoms with E-state index < -0.39 is 10.8 Å². The number of piperidine rings is 2. The van der Waals surface area contributed by atoms with Crippen molar-refractivity contribution in [1.82, 2.24) is 9.80 Å². The predicted octanol–water partition coefficient (Wildman–Crippen LogP) is 6.69. The van der Waals surface area contributed by atoms with Crippen molar-refractivity contribution in [3.05, 3.63) is 64.4 Å². The van der Waals surface area contributed by atoms with Gasteiger partial charge in [0.2, 0.25) is 11.8 Å². The number of halogens is 2. The second-order valence-electron chi connectivity index (χ2n) is 11.9. The highest BCUT2D eigenvalue weighted by Crippen LogP contribution is 2.45. The molecule has 0 aromatic heterocycles. The van der Waals surface area contributed by atoms with E-state index in [4.69, 9.17) is 16.3 Å². The van der Waals surface area contributed by atoms with Crippen LogP contribution in [0.15, 0.2) is 42.5 Å². The van der Waals surface area contributed by atoms with Gasteiger partial charge < -0.3 is 14.5 Å². The third-order valence-corrected chi connectivity index (χ3v) is 9.55. The molecule has 0 N–H and O–H groups in total. The minimum atomic E-state index is -0.623. The number of nitrogens with zero attached hydrogens (tertiary/aromatic N) is 2. The topological polar surface area (TPSA) is 49.9 Å². The number of ether oxygens (including phenoxy) is 1. The molecule has 3 aliphatic rings. The molecule has 1 unspecified atom stereocenters. The van der Waals surface area contributed by atoms with Crippen LogP contribution in [0.1, 0.15) is 75.3 Å². The molecule has 5 nitrogen and oxygen atoms in total. The number of hydrogen-bond acceptors (Lipinski definition) is 3. The average molecular weight is 555 g/mol. The summed E-state index contributed by atoms with van der Waals surface area (Å²) < 4.78 is 20.1. The number of carbonyl (C=O) groups excluding carboxylic acids is 2. The minimum absolute atomic E-state index is 0.114. The lowest BCUT2D eigenvalue weighted by molar-refractivity contribution is -0.145.